The zero-order valence-electron chi connectivity index (χ0n) is 13.2. The second-order valence-corrected chi connectivity index (χ2v) is 6.03. The standard InChI is InChI=1S/C18H21N3O2/c1-18(8-12-23-13-9-18)21-17(22)20-16-5-3-2-4-15(16)14-6-10-19-11-7-14/h2-7,10-11H,8-9,12-13H2,1H3,(H2,20,21,22). The number of rotatable bonds is 3. The lowest BCUT2D eigenvalue weighted by atomic mass is 9.93. The van der Waals surface area contributed by atoms with Crippen LogP contribution in [0.3, 0.4) is 0 Å². The molecule has 2 amide bonds. The van der Waals surface area contributed by atoms with Gasteiger partial charge in [0.25, 0.3) is 0 Å². The van der Waals surface area contributed by atoms with Crippen LogP contribution in [0.2, 0.25) is 0 Å². The molecule has 0 atom stereocenters. The number of hydrogen-bond acceptors (Lipinski definition) is 3. The number of benzene rings is 1. The summed E-state index contributed by atoms with van der Waals surface area (Å²) in [7, 11) is 0. The average molecular weight is 311 g/mol. The van der Waals surface area contributed by atoms with Gasteiger partial charge in [-0.3, -0.25) is 4.98 Å². The van der Waals surface area contributed by atoms with Crippen molar-refractivity contribution in [2.45, 2.75) is 25.3 Å². The number of amides is 2. The molecule has 1 aromatic carbocycles. The summed E-state index contributed by atoms with van der Waals surface area (Å²) >= 11 is 0. The van der Waals surface area contributed by atoms with Crippen molar-refractivity contribution in [3.8, 4) is 11.1 Å². The molecular weight excluding hydrogens is 290 g/mol. The first kappa shape index (κ1) is 15.5. The van der Waals surface area contributed by atoms with E-state index in [2.05, 4.69) is 22.5 Å². The molecule has 0 radical (unpaired) electrons. The molecule has 0 aliphatic carbocycles. The van der Waals surface area contributed by atoms with Crippen molar-refractivity contribution >= 4 is 11.7 Å². The number of carbonyl (C=O) groups is 1. The summed E-state index contributed by atoms with van der Waals surface area (Å²) in [6.45, 7) is 3.43. The Morgan fingerprint density at radius 2 is 1.83 bits per heavy atom. The summed E-state index contributed by atoms with van der Waals surface area (Å²) in [4.78, 5) is 16.4. The summed E-state index contributed by atoms with van der Waals surface area (Å²) in [6, 6.07) is 11.4. The normalized spacial score (nSPS) is 16.6. The lowest BCUT2D eigenvalue weighted by Gasteiger charge is -2.34. The molecule has 2 heterocycles. The second-order valence-electron chi connectivity index (χ2n) is 6.03. The van der Waals surface area contributed by atoms with Crippen LogP contribution >= 0.6 is 0 Å². The number of ether oxygens (including phenoxy) is 1. The maximum absolute atomic E-state index is 12.4. The average Bonchev–Trinajstić information content (AvgIpc) is 2.56. The van der Waals surface area contributed by atoms with Crippen molar-refractivity contribution in [3.05, 3.63) is 48.8 Å². The van der Waals surface area contributed by atoms with Crippen LogP contribution in [0.1, 0.15) is 19.8 Å². The number of carbonyl (C=O) groups excluding carboxylic acids is 1. The van der Waals surface area contributed by atoms with E-state index >= 15 is 0 Å². The van der Waals surface area contributed by atoms with Gasteiger partial charge in [-0.2, -0.15) is 0 Å². The number of pyridine rings is 1. The van der Waals surface area contributed by atoms with Crippen LogP contribution in [0.4, 0.5) is 10.5 Å². The number of nitrogens with one attached hydrogen (secondary N) is 2. The number of aromatic nitrogens is 1. The third-order valence-electron chi connectivity index (χ3n) is 4.18. The van der Waals surface area contributed by atoms with Gasteiger partial charge in [0.2, 0.25) is 0 Å². The third-order valence-corrected chi connectivity index (χ3v) is 4.18. The van der Waals surface area contributed by atoms with E-state index in [1.165, 1.54) is 0 Å². The van der Waals surface area contributed by atoms with Crippen molar-refractivity contribution in [1.29, 1.82) is 0 Å². The highest BCUT2D eigenvalue weighted by Gasteiger charge is 2.29. The van der Waals surface area contributed by atoms with Gasteiger partial charge in [-0.15, -0.1) is 0 Å². The molecule has 3 rings (SSSR count). The molecule has 0 bridgehead atoms. The largest absolute Gasteiger partial charge is 0.381 e. The maximum atomic E-state index is 12.4. The number of urea groups is 1. The Morgan fingerprint density at radius 3 is 2.57 bits per heavy atom. The van der Waals surface area contributed by atoms with E-state index in [4.69, 9.17) is 4.74 Å². The predicted octanol–water partition coefficient (Wildman–Crippen LogP) is 3.44. The molecule has 23 heavy (non-hydrogen) atoms. The van der Waals surface area contributed by atoms with E-state index in [9.17, 15) is 4.79 Å². The van der Waals surface area contributed by atoms with Gasteiger partial charge in [-0.05, 0) is 43.5 Å². The quantitative estimate of drug-likeness (QED) is 0.912. The van der Waals surface area contributed by atoms with Crippen LogP contribution in [0.5, 0.6) is 0 Å². The van der Waals surface area contributed by atoms with Gasteiger partial charge in [-0.1, -0.05) is 18.2 Å². The molecule has 0 spiro atoms. The smallest absolute Gasteiger partial charge is 0.319 e. The van der Waals surface area contributed by atoms with Gasteiger partial charge < -0.3 is 15.4 Å². The molecule has 0 saturated carbocycles. The molecule has 1 aliphatic rings. The van der Waals surface area contributed by atoms with Crippen LogP contribution in [0, 0.1) is 0 Å². The number of para-hydroxylation sites is 1. The van der Waals surface area contributed by atoms with E-state index < -0.39 is 0 Å². The highest BCUT2D eigenvalue weighted by atomic mass is 16.5. The van der Waals surface area contributed by atoms with Gasteiger partial charge in [0.15, 0.2) is 0 Å². The molecule has 2 aromatic rings. The van der Waals surface area contributed by atoms with Crippen LogP contribution in [0.15, 0.2) is 48.8 Å². The van der Waals surface area contributed by atoms with E-state index in [-0.39, 0.29) is 11.6 Å². The van der Waals surface area contributed by atoms with Crippen LogP contribution in [-0.4, -0.2) is 29.8 Å². The Labute approximate surface area is 136 Å². The first-order valence-corrected chi connectivity index (χ1v) is 7.83. The highest BCUT2D eigenvalue weighted by Crippen LogP contribution is 2.27. The van der Waals surface area contributed by atoms with Gasteiger partial charge in [0, 0.05) is 36.7 Å². The van der Waals surface area contributed by atoms with Crippen molar-refractivity contribution in [3.63, 3.8) is 0 Å². The van der Waals surface area contributed by atoms with Crippen molar-refractivity contribution in [2.24, 2.45) is 0 Å². The number of nitrogens with zero attached hydrogens (tertiary/aromatic N) is 1. The predicted molar refractivity (Wildman–Crippen MR) is 90.3 cm³/mol. The maximum Gasteiger partial charge on any atom is 0.319 e. The second kappa shape index (κ2) is 6.79. The number of anilines is 1. The highest BCUT2D eigenvalue weighted by molar-refractivity contribution is 5.94. The zero-order chi connectivity index (χ0) is 16.1. The van der Waals surface area contributed by atoms with Crippen LogP contribution in [-0.2, 0) is 4.74 Å². The fraction of sp³-hybridized carbons (Fsp3) is 0.333. The summed E-state index contributed by atoms with van der Waals surface area (Å²) in [5.74, 6) is 0. The summed E-state index contributed by atoms with van der Waals surface area (Å²) in [5, 5.41) is 6.05. The minimum absolute atomic E-state index is 0.184. The lowest BCUT2D eigenvalue weighted by Crippen LogP contribution is -2.51. The van der Waals surface area contributed by atoms with Gasteiger partial charge in [-0.25, -0.2) is 4.79 Å². The molecule has 5 nitrogen and oxygen atoms in total. The molecule has 0 unspecified atom stereocenters. The molecule has 120 valence electrons. The summed E-state index contributed by atoms with van der Waals surface area (Å²) in [5.41, 5.74) is 2.57. The monoisotopic (exact) mass is 311 g/mol. The fourth-order valence-electron chi connectivity index (χ4n) is 2.75. The zero-order valence-corrected chi connectivity index (χ0v) is 13.2. The molecule has 1 saturated heterocycles. The van der Waals surface area contributed by atoms with E-state index in [0.29, 0.717) is 13.2 Å². The van der Waals surface area contributed by atoms with E-state index in [1.807, 2.05) is 36.4 Å². The molecular formula is C18H21N3O2. The minimum Gasteiger partial charge on any atom is -0.381 e. The Kier molecular flexibility index (Phi) is 4.57. The molecule has 1 aliphatic heterocycles. The first-order valence-electron chi connectivity index (χ1n) is 7.83. The third kappa shape index (κ3) is 3.87. The van der Waals surface area contributed by atoms with Crippen LogP contribution in [0.25, 0.3) is 11.1 Å². The van der Waals surface area contributed by atoms with E-state index in [0.717, 1.165) is 29.7 Å². The van der Waals surface area contributed by atoms with Crippen molar-refractivity contribution in [1.82, 2.24) is 10.3 Å². The van der Waals surface area contributed by atoms with Crippen molar-refractivity contribution < 1.29 is 9.53 Å². The van der Waals surface area contributed by atoms with E-state index in [1.54, 1.807) is 12.4 Å². The SMILES string of the molecule is CC1(NC(=O)Nc2ccccc2-c2ccncc2)CCOCC1. The fourth-order valence-corrected chi connectivity index (χ4v) is 2.75. The molecule has 1 aromatic heterocycles. The lowest BCUT2D eigenvalue weighted by molar-refractivity contribution is 0.0500. The minimum atomic E-state index is -0.214. The van der Waals surface area contributed by atoms with Gasteiger partial charge in [0.1, 0.15) is 0 Å². The Bertz CT molecular complexity index is 667. The Balaban J connectivity index is 1.74. The number of hydrogen-bond donors (Lipinski definition) is 2. The summed E-state index contributed by atoms with van der Waals surface area (Å²) in [6.07, 6.45) is 5.14. The molecule has 2 N–H and O–H groups in total. The summed E-state index contributed by atoms with van der Waals surface area (Å²) < 4.78 is 5.36. The van der Waals surface area contributed by atoms with Crippen molar-refractivity contribution in [2.75, 3.05) is 18.5 Å². The Morgan fingerprint density at radius 1 is 1.13 bits per heavy atom. The van der Waals surface area contributed by atoms with Crippen LogP contribution < -0.4 is 10.6 Å². The molecule has 5 heteroatoms. The Hall–Kier alpha value is -2.40. The van der Waals surface area contributed by atoms with Gasteiger partial charge in [0.05, 0.1) is 5.69 Å². The van der Waals surface area contributed by atoms with Gasteiger partial charge >= 0.3 is 6.03 Å². The topological polar surface area (TPSA) is 63.2 Å². The molecule has 1 fully saturated rings. The first-order chi connectivity index (χ1) is 11.2.